The van der Waals surface area contributed by atoms with Gasteiger partial charge in [-0.2, -0.15) is 12.6 Å². The molecule has 0 aromatic heterocycles. The minimum absolute atomic E-state index is 0.183. The van der Waals surface area contributed by atoms with Crippen molar-refractivity contribution >= 4 is 12.6 Å². The minimum Gasteiger partial charge on any atom is -0.496 e. The SMILES string of the molecule is COc1cc(C)c(C2(CCS)COC2)cc1C. The Morgan fingerprint density at radius 1 is 1.29 bits per heavy atom. The van der Waals surface area contributed by atoms with Crippen molar-refractivity contribution in [2.75, 3.05) is 26.1 Å². The number of ether oxygens (including phenoxy) is 2. The van der Waals surface area contributed by atoms with Crippen molar-refractivity contribution in [2.24, 2.45) is 0 Å². The number of aryl methyl sites for hydroxylation is 2. The zero-order chi connectivity index (χ0) is 12.5. The topological polar surface area (TPSA) is 18.5 Å². The molecule has 0 radical (unpaired) electrons. The van der Waals surface area contributed by atoms with Crippen molar-refractivity contribution in [3.8, 4) is 5.75 Å². The molecule has 0 atom stereocenters. The average Bonchev–Trinajstić information content (AvgIpc) is 2.26. The molecule has 2 rings (SSSR count). The van der Waals surface area contributed by atoms with Gasteiger partial charge < -0.3 is 9.47 Å². The molecule has 3 heteroatoms. The summed E-state index contributed by atoms with van der Waals surface area (Å²) >= 11 is 4.37. The van der Waals surface area contributed by atoms with E-state index in [0.29, 0.717) is 0 Å². The van der Waals surface area contributed by atoms with Crippen LogP contribution in [-0.4, -0.2) is 26.1 Å². The first-order valence-corrected chi connectivity index (χ1v) is 6.60. The molecule has 0 amide bonds. The second-order valence-electron chi connectivity index (χ2n) is 4.88. The van der Waals surface area contributed by atoms with Gasteiger partial charge in [0.15, 0.2) is 0 Å². The number of benzene rings is 1. The lowest BCUT2D eigenvalue weighted by Crippen LogP contribution is -2.47. The van der Waals surface area contributed by atoms with Crippen LogP contribution in [0.2, 0.25) is 0 Å². The van der Waals surface area contributed by atoms with Crippen LogP contribution in [0.15, 0.2) is 12.1 Å². The summed E-state index contributed by atoms with van der Waals surface area (Å²) in [7, 11) is 1.72. The Bertz CT molecular complexity index is 411. The zero-order valence-electron chi connectivity index (χ0n) is 10.7. The van der Waals surface area contributed by atoms with Crippen LogP contribution in [0.4, 0.5) is 0 Å². The molecule has 1 aliphatic heterocycles. The summed E-state index contributed by atoms with van der Waals surface area (Å²) in [6, 6.07) is 4.38. The normalized spacial score (nSPS) is 17.6. The van der Waals surface area contributed by atoms with Crippen molar-refractivity contribution in [1.82, 2.24) is 0 Å². The summed E-state index contributed by atoms with van der Waals surface area (Å²) in [6.45, 7) is 5.88. The Morgan fingerprint density at radius 3 is 2.47 bits per heavy atom. The smallest absolute Gasteiger partial charge is 0.122 e. The van der Waals surface area contributed by atoms with E-state index in [2.05, 4.69) is 38.6 Å². The lowest BCUT2D eigenvalue weighted by Gasteiger charge is -2.43. The fourth-order valence-corrected chi connectivity index (χ4v) is 3.01. The van der Waals surface area contributed by atoms with E-state index >= 15 is 0 Å². The summed E-state index contributed by atoms with van der Waals surface area (Å²) in [6.07, 6.45) is 1.07. The van der Waals surface area contributed by atoms with E-state index in [-0.39, 0.29) is 5.41 Å². The summed E-state index contributed by atoms with van der Waals surface area (Å²) in [5, 5.41) is 0. The molecule has 0 spiro atoms. The van der Waals surface area contributed by atoms with Crippen molar-refractivity contribution in [1.29, 1.82) is 0 Å². The summed E-state index contributed by atoms with van der Waals surface area (Å²) in [5.41, 5.74) is 4.07. The fraction of sp³-hybridized carbons (Fsp3) is 0.571. The third-order valence-corrected chi connectivity index (χ3v) is 3.88. The molecular formula is C14H20O2S. The van der Waals surface area contributed by atoms with Crippen LogP contribution in [-0.2, 0) is 10.2 Å². The van der Waals surface area contributed by atoms with Gasteiger partial charge in [-0.3, -0.25) is 0 Å². The van der Waals surface area contributed by atoms with Crippen LogP contribution in [0, 0.1) is 13.8 Å². The van der Waals surface area contributed by atoms with Gasteiger partial charge in [-0.15, -0.1) is 0 Å². The fourth-order valence-electron chi connectivity index (χ4n) is 2.58. The van der Waals surface area contributed by atoms with Gasteiger partial charge in [0, 0.05) is 5.41 Å². The monoisotopic (exact) mass is 252 g/mol. The molecule has 1 fully saturated rings. The number of hydrogen-bond acceptors (Lipinski definition) is 3. The molecule has 0 N–H and O–H groups in total. The van der Waals surface area contributed by atoms with Crippen LogP contribution >= 0.6 is 12.6 Å². The van der Waals surface area contributed by atoms with Crippen LogP contribution in [0.3, 0.4) is 0 Å². The van der Waals surface area contributed by atoms with E-state index in [1.165, 1.54) is 16.7 Å². The highest BCUT2D eigenvalue weighted by Gasteiger charge is 2.40. The highest BCUT2D eigenvalue weighted by Crippen LogP contribution is 2.39. The standard InChI is InChI=1S/C14H20O2S/c1-10-7-13(15-3)11(2)6-12(10)14(4-5-17)8-16-9-14/h6-7,17H,4-5,8-9H2,1-3H3. The molecule has 0 saturated carbocycles. The van der Waals surface area contributed by atoms with Crippen molar-refractivity contribution < 1.29 is 9.47 Å². The van der Waals surface area contributed by atoms with Crippen LogP contribution < -0.4 is 4.74 Å². The lowest BCUT2D eigenvalue weighted by molar-refractivity contribution is -0.0617. The molecular weight excluding hydrogens is 232 g/mol. The van der Waals surface area contributed by atoms with Crippen molar-refractivity contribution in [3.63, 3.8) is 0 Å². The van der Waals surface area contributed by atoms with E-state index in [1.54, 1.807) is 7.11 Å². The van der Waals surface area contributed by atoms with E-state index < -0.39 is 0 Å². The van der Waals surface area contributed by atoms with Gasteiger partial charge in [-0.25, -0.2) is 0 Å². The van der Waals surface area contributed by atoms with Crippen LogP contribution in [0.5, 0.6) is 5.75 Å². The Hall–Kier alpha value is -0.670. The Labute approximate surface area is 109 Å². The van der Waals surface area contributed by atoms with Gasteiger partial charge in [0.1, 0.15) is 5.75 Å². The number of methoxy groups -OCH3 is 1. The molecule has 0 aliphatic carbocycles. The minimum atomic E-state index is 0.183. The second kappa shape index (κ2) is 4.91. The van der Waals surface area contributed by atoms with Gasteiger partial charge >= 0.3 is 0 Å². The van der Waals surface area contributed by atoms with Crippen molar-refractivity contribution in [2.45, 2.75) is 25.7 Å². The molecule has 1 aliphatic rings. The number of rotatable bonds is 4. The quantitative estimate of drug-likeness (QED) is 0.831. The third kappa shape index (κ3) is 2.18. The highest BCUT2D eigenvalue weighted by atomic mass is 32.1. The Kier molecular flexibility index (Phi) is 3.69. The molecule has 1 heterocycles. The van der Waals surface area contributed by atoms with Gasteiger partial charge in [0.05, 0.1) is 20.3 Å². The van der Waals surface area contributed by atoms with Gasteiger partial charge in [0.25, 0.3) is 0 Å². The first kappa shape index (κ1) is 12.8. The molecule has 17 heavy (non-hydrogen) atoms. The van der Waals surface area contributed by atoms with E-state index in [4.69, 9.17) is 9.47 Å². The zero-order valence-corrected chi connectivity index (χ0v) is 11.6. The predicted molar refractivity (Wildman–Crippen MR) is 73.4 cm³/mol. The second-order valence-corrected chi connectivity index (χ2v) is 5.33. The van der Waals surface area contributed by atoms with Gasteiger partial charge in [0.2, 0.25) is 0 Å². The molecule has 0 unspecified atom stereocenters. The average molecular weight is 252 g/mol. The van der Waals surface area contributed by atoms with Crippen LogP contribution in [0.25, 0.3) is 0 Å². The first-order valence-electron chi connectivity index (χ1n) is 5.97. The third-order valence-electron chi connectivity index (χ3n) is 3.66. The molecule has 0 bridgehead atoms. The number of thiol groups is 1. The van der Waals surface area contributed by atoms with Crippen molar-refractivity contribution in [3.05, 3.63) is 28.8 Å². The largest absolute Gasteiger partial charge is 0.496 e. The van der Waals surface area contributed by atoms with E-state index in [9.17, 15) is 0 Å². The summed E-state index contributed by atoms with van der Waals surface area (Å²) < 4.78 is 10.8. The molecule has 2 nitrogen and oxygen atoms in total. The van der Waals surface area contributed by atoms with Crippen LogP contribution in [0.1, 0.15) is 23.1 Å². The maximum Gasteiger partial charge on any atom is 0.122 e. The Morgan fingerprint density at radius 2 is 2.00 bits per heavy atom. The number of hydrogen-bond donors (Lipinski definition) is 1. The summed E-state index contributed by atoms with van der Waals surface area (Å²) in [5.74, 6) is 1.86. The van der Waals surface area contributed by atoms with E-state index in [0.717, 1.165) is 31.1 Å². The predicted octanol–water partition coefficient (Wildman–Crippen LogP) is 2.90. The van der Waals surface area contributed by atoms with E-state index in [1.807, 2.05) is 0 Å². The molecule has 1 aromatic carbocycles. The maximum absolute atomic E-state index is 5.43. The van der Waals surface area contributed by atoms with Gasteiger partial charge in [-0.05, 0) is 48.8 Å². The molecule has 94 valence electrons. The first-order chi connectivity index (χ1) is 8.13. The summed E-state index contributed by atoms with van der Waals surface area (Å²) in [4.78, 5) is 0. The highest BCUT2D eigenvalue weighted by molar-refractivity contribution is 7.80. The Balaban J connectivity index is 2.41. The molecule has 1 aromatic rings. The lowest BCUT2D eigenvalue weighted by atomic mass is 9.74. The van der Waals surface area contributed by atoms with Gasteiger partial charge in [-0.1, -0.05) is 6.07 Å². The molecule has 1 saturated heterocycles. The maximum atomic E-state index is 5.43.